The van der Waals surface area contributed by atoms with Crippen molar-refractivity contribution >= 4 is 0 Å². The molecule has 1 aromatic rings. The van der Waals surface area contributed by atoms with Crippen LogP contribution in [0.25, 0.3) is 0 Å². The maximum atomic E-state index is 9.62. The summed E-state index contributed by atoms with van der Waals surface area (Å²) < 4.78 is 10.4. The molecule has 0 aromatic carbocycles. The first-order valence-corrected chi connectivity index (χ1v) is 6.13. The third-order valence-corrected chi connectivity index (χ3v) is 2.20. The molecule has 6 heteroatoms. The Labute approximate surface area is 107 Å². The monoisotopic (exact) mass is 255 g/mol. The van der Waals surface area contributed by atoms with E-state index in [1.165, 1.54) is 0 Å². The molecular formula is C12H21N3O3. The van der Waals surface area contributed by atoms with E-state index in [1.54, 1.807) is 6.20 Å². The largest absolute Gasteiger partial charge is 0.389 e. The Bertz CT molecular complexity index is 298. The molecule has 102 valence electrons. The number of rotatable bonds is 10. The highest BCUT2D eigenvalue weighted by Crippen LogP contribution is 1.91. The van der Waals surface area contributed by atoms with Crippen LogP contribution in [0.1, 0.15) is 12.6 Å². The Morgan fingerprint density at radius 3 is 2.94 bits per heavy atom. The summed E-state index contributed by atoms with van der Waals surface area (Å²) >= 11 is 0. The number of hydrogen-bond acceptors (Lipinski definition) is 6. The highest BCUT2D eigenvalue weighted by molar-refractivity contribution is 4.98. The summed E-state index contributed by atoms with van der Waals surface area (Å²) in [6, 6.07) is 3.71. The van der Waals surface area contributed by atoms with Crippen molar-refractivity contribution < 1.29 is 14.6 Å². The van der Waals surface area contributed by atoms with Crippen molar-refractivity contribution in [2.45, 2.75) is 19.6 Å². The van der Waals surface area contributed by atoms with Crippen molar-refractivity contribution in [1.29, 1.82) is 0 Å². The van der Waals surface area contributed by atoms with Crippen molar-refractivity contribution in [3.63, 3.8) is 0 Å². The number of aliphatic hydroxyl groups is 1. The van der Waals surface area contributed by atoms with Gasteiger partial charge in [0.1, 0.15) is 0 Å². The predicted octanol–water partition coefficient (Wildman–Crippen LogP) is -0.0198. The minimum atomic E-state index is -0.525. The summed E-state index contributed by atoms with van der Waals surface area (Å²) in [5, 5.41) is 20.4. The summed E-state index contributed by atoms with van der Waals surface area (Å²) in [7, 11) is 0. The smallest absolute Gasteiger partial charge is 0.0897 e. The number of nitrogens with one attached hydrogen (secondary N) is 1. The molecule has 6 nitrogen and oxygen atoms in total. The molecule has 0 radical (unpaired) electrons. The van der Waals surface area contributed by atoms with E-state index >= 15 is 0 Å². The van der Waals surface area contributed by atoms with E-state index in [-0.39, 0.29) is 0 Å². The molecule has 1 unspecified atom stereocenters. The van der Waals surface area contributed by atoms with Gasteiger partial charge in [0.25, 0.3) is 0 Å². The highest BCUT2D eigenvalue weighted by Gasteiger charge is 2.03. The average Bonchev–Trinajstić information content (AvgIpc) is 2.40. The summed E-state index contributed by atoms with van der Waals surface area (Å²) in [6.07, 6.45) is 1.10. The average molecular weight is 255 g/mol. The van der Waals surface area contributed by atoms with Gasteiger partial charge in [-0.15, -0.1) is 0 Å². The van der Waals surface area contributed by atoms with Gasteiger partial charge in [-0.05, 0) is 19.1 Å². The van der Waals surface area contributed by atoms with Crippen molar-refractivity contribution in [2.75, 3.05) is 33.0 Å². The zero-order valence-corrected chi connectivity index (χ0v) is 10.7. The van der Waals surface area contributed by atoms with Gasteiger partial charge < -0.3 is 19.9 Å². The second-order valence-corrected chi connectivity index (χ2v) is 3.77. The lowest BCUT2D eigenvalue weighted by atomic mass is 10.3. The Kier molecular flexibility index (Phi) is 8.24. The topological polar surface area (TPSA) is 76.5 Å². The molecule has 1 atom stereocenters. The second kappa shape index (κ2) is 9.90. The third-order valence-electron chi connectivity index (χ3n) is 2.20. The van der Waals surface area contributed by atoms with Crippen LogP contribution in [0.4, 0.5) is 0 Å². The van der Waals surface area contributed by atoms with E-state index in [4.69, 9.17) is 9.47 Å². The van der Waals surface area contributed by atoms with E-state index in [9.17, 15) is 5.11 Å². The van der Waals surface area contributed by atoms with Crippen LogP contribution in [0.15, 0.2) is 18.3 Å². The Balaban J connectivity index is 1.98. The predicted molar refractivity (Wildman–Crippen MR) is 67.1 cm³/mol. The van der Waals surface area contributed by atoms with Crippen molar-refractivity contribution in [3.8, 4) is 0 Å². The fourth-order valence-electron chi connectivity index (χ4n) is 1.34. The van der Waals surface area contributed by atoms with Gasteiger partial charge in [0, 0.05) is 25.9 Å². The molecule has 0 saturated carbocycles. The molecule has 1 rings (SSSR count). The van der Waals surface area contributed by atoms with Gasteiger partial charge in [-0.25, -0.2) is 0 Å². The van der Waals surface area contributed by atoms with Gasteiger partial charge in [0.15, 0.2) is 0 Å². The quantitative estimate of drug-likeness (QED) is 0.572. The van der Waals surface area contributed by atoms with Gasteiger partial charge >= 0.3 is 0 Å². The SMILES string of the molecule is CCOCCOCC(O)CNCc1cccnn1. The number of ether oxygens (including phenoxy) is 2. The second-order valence-electron chi connectivity index (χ2n) is 3.77. The molecular weight excluding hydrogens is 234 g/mol. The van der Waals surface area contributed by atoms with Crippen molar-refractivity contribution in [1.82, 2.24) is 15.5 Å². The number of hydrogen-bond donors (Lipinski definition) is 2. The summed E-state index contributed by atoms with van der Waals surface area (Å²) in [4.78, 5) is 0. The molecule has 0 aliphatic carbocycles. The Morgan fingerprint density at radius 1 is 1.39 bits per heavy atom. The molecule has 0 aliphatic rings. The van der Waals surface area contributed by atoms with E-state index in [1.807, 2.05) is 19.1 Å². The van der Waals surface area contributed by atoms with Crippen molar-refractivity contribution in [3.05, 3.63) is 24.0 Å². The minimum absolute atomic E-state index is 0.306. The van der Waals surface area contributed by atoms with E-state index < -0.39 is 6.10 Å². The van der Waals surface area contributed by atoms with Crippen LogP contribution in [0, 0.1) is 0 Å². The minimum Gasteiger partial charge on any atom is -0.389 e. The molecule has 0 bridgehead atoms. The molecule has 18 heavy (non-hydrogen) atoms. The first-order chi connectivity index (χ1) is 8.83. The van der Waals surface area contributed by atoms with Gasteiger partial charge in [-0.1, -0.05) is 0 Å². The number of aromatic nitrogens is 2. The summed E-state index contributed by atoms with van der Waals surface area (Å²) in [5.41, 5.74) is 0.849. The van der Waals surface area contributed by atoms with Crippen LogP contribution in [0.2, 0.25) is 0 Å². The first-order valence-electron chi connectivity index (χ1n) is 6.13. The Morgan fingerprint density at radius 2 is 2.22 bits per heavy atom. The summed E-state index contributed by atoms with van der Waals surface area (Å²) in [5.74, 6) is 0. The lowest BCUT2D eigenvalue weighted by molar-refractivity contribution is 0.00640. The summed E-state index contributed by atoms with van der Waals surface area (Å²) in [6.45, 7) is 5.05. The van der Waals surface area contributed by atoms with Gasteiger partial charge in [0.05, 0.1) is 31.6 Å². The molecule has 0 aliphatic heterocycles. The van der Waals surface area contributed by atoms with Crippen LogP contribution in [0.3, 0.4) is 0 Å². The molecule has 0 fully saturated rings. The van der Waals surface area contributed by atoms with Gasteiger partial charge in [-0.3, -0.25) is 0 Å². The fourth-order valence-corrected chi connectivity index (χ4v) is 1.34. The van der Waals surface area contributed by atoms with Crippen LogP contribution in [-0.2, 0) is 16.0 Å². The molecule has 1 aromatic heterocycles. The maximum Gasteiger partial charge on any atom is 0.0897 e. The standard InChI is InChI=1S/C12H21N3O3/c1-2-17-6-7-18-10-12(16)9-13-8-11-4-3-5-14-15-11/h3-5,12-13,16H,2,6-10H2,1H3. The number of nitrogens with zero attached hydrogens (tertiary/aromatic N) is 2. The number of aliphatic hydroxyl groups excluding tert-OH is 1. The highest BCUT2D eigenvalue weighted by atomic mass is 16.5. The molecule has 1 heterocycles. The zero-order valence-electron chi connectivity index (χ0n) is 10.7. The Hall–Kier alpha value is -1.08. The van der Waals surface area contributed by atoms with Crippen LogP contribution in [-0.4, -0.2) is 54.4 Å². The fraction of sp³-hybridized carbons (Fsp3) is 0.667. The van der Waals surface area contributed by atoms with Crippen LogP contribution >= 0.6 is 0 Å². The molecule has 0 amide bonds. The lowest BCUT2D eigenvalue weighted by Crippen LogP contribution is -2.30. The zero-order chi connectivity index (χ0) is 13.1. The normalized spacial score (nSPS) is 12.6. The lowest BCUT2D eigenvalue weighted by Gasteiger charge is -2.12. The third kappa shape index (κ3) is 7.29. The van der Waals surface area contributed by atoms with Gasteiger partial charge in [0.2, 0.25) is 0 Å². The van der Waals surface area contributed by atoms with E-state index in [0.717, 1.165) is 5.69 Å². The van der Waals surface area contributed by atoms with Gasteiger partial charge in [-0.2, -0.15) is 10.2 Å². The first kappa shape index (κ1) is 15.0. The van der Waals surface area contributed by atoms with E-state index in [2.05, 4.69) is 15.5 Å². The molecule has 2 N–H and O–H groups in total. The van der Waals surface area contributed by atoms with Crippen LogP contribution in [0.5, 0.6) is 0 Å². The molecule has 0 saturated heterocycles. The van der Waals surface area contributed by atoms with Crippen LogP contribution < -0.4 is 5.32 Å². The molecule has 0 spiro atoms. The maximum absolute atomic E-state index is 9.62. The van der Waals surface area contributed by atoms with Crippen molar-refractivity contribution in [2.24, 2.45) is 0 Å². The van der Waals surface area contributed by atoms with E-state index in [0.29, 0.717) is 39.5 Å².